The molecule has 17 heavy (non-hydrogen) atoms. The lowest BCUT2D eigenvalue weighted by Gasteiger charge is -2.03. The summed E-state index contributed by atoms with van der Waals surface area (Å²) in [7, 11) is 0. The van der Waals surface area contributed by atoms with Crippen LogP contribution in [0.15, 0.2) is 50.0 Å². The molecule has 0 spiro atoms. The monoisotopic (exact) mass is 234 g/mol. The zero-order chi connectivity index (χ0) is 13.7. The van der Waals surface area contributed by atoms with Gasteiger partial charge in [0, 0.05) is 6.54 Å². The van der Waals surface area contributed by atoms with Crippen molar-refractivity contribution in [3.8, 4) is 0 Å². The highest BCUT2D eigenvalue weighted by Gasteiger charge is 2.00. The molecule has 0 saturated carbocycles. The first kappa shape index (κ1) is 17.5. The number of hydrogen-bond donors (Lipinski definition) is 0. The van der Waals surface area contributed by atoms with Gasteiger partial charge in [0.25, 0.3) is 0 Å². The van der Waals surface area contributed by atoms with Gasteiger partial charge >= 0.3 is 0 Å². The zero-order valence-electron chi connectivity index (χ0n) is 11.0. The molecule has 0 radical (unpaired) electrons. The Balaban J connectivity index is 0. The number of rotatable bonds is 4. The average Bonchev–Trinajstić information content (AvgIpc) is 2.87. The molecule has 3 nitrogen and oxygen atoms in total. The van der Waals surface area contributed by atoms with Crippen LogP contribution < -0.4 is 0 Å². The lowest BCUT2D eigenvalue weighted by Crippen LogP contribution is -2.02. The molecule has 1 rings (SSSR count). The maximum Gasteiger partial charge on any atom is 0.168 e. The van der Waals surface area contributed by atoms with Crippen molar-refractivity contribution in [1.29, 1.82) is 0 Å². The number of carbonyl (C=O) groups excluding carboxylic acids is 1. The van der Waals surface area contributed by atoms with Gasteiger partial charge in [-0.1, -0.05) is 32.6 Å². The van der Waals surface area contributed by atoms with Gasteiger partial charge in [-0.3, -0.25) is 4.79 Å². The summed E-state index contributed by atoms with van der Waals surface area (Å²) in [5.74, 6) is 0. The maximum absolute atomic E-state index is 10.5. The minimum atomic E-state index is 0.584. The highest BCUT2D eigenvalue weighted by molar-refractivity contribution is 5.71. The van der Waals surface area contributed by atoms with Crippen LogP contribution in [-0.2, 0) is 6.54 Å². The topological polar surface area (TPSA) is 34.9 Å². The second-order valence-corrected chi connectivity index (χ2v) is 2.63. The van der Waals surface area contributed by atoms with E-state index in [-0.39, 0.29) is 0 Å². The Labute approximate surface area is 104 Å². The van der Waals surface area contributed by atoms with Crippen molar-refractivity contribution in [1.82, 2.24) is 9.55 Å². The van der Waals surface area contributed by atoms with E-state index < -0.39 is 0 Å². The third kappa shape index (κ3) is 6.30. The van der Waals surface area contributed by atoms with E-state index in [1.54, 1.807) is 23.2 Å². The molecule has 0 aliphatic heterocycles. The molecule has 1 aromatic rings. The number of aromatic nitrogens is 2. The molecule has 1 heterocycles. The van der Waals surface area contributed by atoms with Crippen LogP contribution >= 0.6 is 0 Å². The summed E-state index contributed by atoms with van der Waals surface area (Å²) in [5, 5.41) is 0. The van der Waals surface area contributed by atoms with E-state index in [9.17, 15) is 4.79 Å². The van der Waals surface area contributed by atoms with Crippen molar-refractivity contribution in [2.75, 3.05) is 0 Å². The van der Waals surface area contributed by atoms with Crippen LogP contribution in [0.4, 0.5) is 0 Å². The molecule has 0 fully saturated rings. The summed E-state index contributed by atoms with van der Waals surface area (Å²) in [4.78, 5) is 14.4. The van der Waals surface area contributed by atoms with Crippen LogP contribution in [0.25, 0.3) is 0 Å². The lowest BCUT2D eigenvalue weighted by atomic mass is 10.2. The quantitative estimate of drug-likeness (QED) is 0.453. The fourth-order valence-corrected chi connectivity index (χ4v) is 1.03. The summed E-state index contributed by atoms with van der Waals surface area (Å²) >= 11 is 0. The molecule has 94 valence electrons. The molecule has 0 aliphatic rings. The van der Waals surface area contributed by atoms with Crippen molar-refractivity contribution < 1.29 is 4.79 Å². The van der Waals surface area contributed by atoms with Crippen molar-refractivity contribution >= 4 is 6.29 Å². The third-order valence-corrected chi connectivity index (χ3v) is 1.85. The van der Waals surface area contributed by atoms with E-state index in [2.05, 4.69) is 24.7 Å². The summed E-state index contributed by atoms with van der Waals surface area (Å²) in [5.41, 5.74) is 1.65. The van der Waals surface area contributed by atoms with Gasteiger partial charge in [-0.05, 0) is 12.5 Å². The Hall–Kier alpha value is -1.90. The van der Waals surface area contributed by atoms with Gasteiger partial charge < -0.3 is 4.57 Å². The molecule has 0 bridgehead atoms. The Bertz CT molecular complexity index is 351. The molecule has 1 aromatic heterocycles. The van der Waals surface area contributed by atoms with E-state index in [4.69, 9.17) is 0 Å². The standard InChI is InChI=1S/C10H12N2O.C2H6.C2H4/c1-3-9(4-2)6-12-8-11-5-10(12)7-13;2*1-2/h3-5,7-8H,1,6H2,2H3;1-2H3;1-2H2/b9-4+;;. The largest absolute Gasteiger partial charge is 0.324 e. The van der Waals surface area contributed by atoms with Gasteiger partial charge in [-0.2, -0.15) is 0 Å². The van der Waals surface area contributed by atoms with Gasteiger partial charge in [0.05, 0.1) is 12.5 Å². The normalized spacial score (nSPS) is 9.24. The van der Waals surface area contributed by atoms with E-state index >= 15 is 0 Å². The zero-order valence-corrected chi connectivity index (χ0v) is 11.0. The third-order valence-electron chi connectivity index (χ3n) is 1.85. The molecule has 0 saturated heterocycles. The first-order chi connectivity index (χ1) is 8.31. The van der Waals surface area contributed by atoms with Crippen LogP contribution in [0.1, 0.15) is 31.3 Å². The number of nitrogens with zero attached hydrogens (tertiary/aromatic N) is 2. The molecule has 0 aliphatic carbocycles. The molecule has 3 heteroatoms. The summed E-state index contributed by atoms with van der Waals surface area (Å²) in [6.45, 7) is 16.3. The van der Waals surface area contributed by atoms with Crippen molar-refractivity contribution in [2.24, 2.45) is 0 Å². The molecule has 0 aromatic carbocycles. The first-order valence-corrected chi connectivity index (χ1v) is 5.54. The van der Waals surface area contributed by atoms with Gasteiger partial charge in [0.2, 0.25) is 0 Å². The number of allylic oxidation sites excluding steroid dienone is 3. The smallest absolute Gasteiger partial charge is 0.168 e. The van der Waals surface area contributed by atoms with Crippen molar-refractivity contribution in [3.05, 3.63) is 55.7 Å². The van der Waals surface area contributed by atoms with Crippen LogP contribution in [0.3, 0.4) is 0 Å². The van der Waals surface area contributed by atoms with Gasteiger partial charge in [0.15, 0.2) is 6.29 Å². The van der Waals surface area contributed by atoms with Gasteiger partial charge in [0.1, 0.15) is 5.69 Å². The molecule has 0 N–H and O–H groups in total. The Kier molecular flexibility index (Phi) is 12.5. The van der Waals surface area contributed by atoms with E-state index in [0.29, 0.717) is 12.2 Å². The number of hydrogen-bond acceptors (Lipinski definition) is 2. The lowest BCUT2D eigenvalue weighted by molar-refractivity contribution is 0.111. The van der Waals surface area contributed by atoms with Crippen molar-refractivity contribution in [3.63, 3.8) is 0 Å². The molecular formula is C14H22N2O. The number of aldehydes is 1. The Morgan fingerprint density at radius 1 is 1.47 bits per heavy atom. The van der Waals surface area contributed by atoms with Crippen LogP contribution in [0.5, 0.6) is 0 Å². The second-order valence-electron chi connectivity index (χ2n) is 2.63. The van der Waals surface area contributed by atoms with E-state index in [1.807, 2.05) is 26.8 Å². The first-order valence-electron chi connectivity index (χ1n) is 5.54. The maximum atomic E-state index is 10.5. The molecule has 0 unspecified atom stereocenters. The molecular weight excluding hydrogens is 212 g/mol. The number of carbonyl (C=O) groups is 1. The van der Waals surface area contributed by atoms with Gasteiger partial charge in [-0.15, -0.1) is 13.2 Å². The summed E-state index contributed by atoms with van der Waals surface area (Å²) in [6.07, 6.45) is 7.71. The SMILES string of the molecule is C=C.C=C/C(=C\C)Cn1cncc1C=O.CC. The van der Waals surface area contributed by atoms with Crippen LogP contribution in [0.2, 0.25) is 0 Å². The fraction of sp³-hybridized carbons (Fsp3) is 0.286. The highest BCUT2D eigenvalue weighted by Crippen LogP contribution is 2.03. The Morgan fingerprint density at radius 2 is 2.06 bits per heavy atom. The van der Waals surface area contributed by atoms with Gasteiger partial charge in [-0.25, -0.2) is 4.98 Å². The van der Waals surface area contributed by atoms with E-state index in [0.717, 1.165) is 11.9 Å². The number of imidazole rings is 1. The minimum absolute atomic E-state index is 0.584. The summed E-state index contributed by atoms with van der Waals surface area (Å²) in [6, 6.07) is 0. The summed E-state index contributed by atoms with van der Waals surface area (Å²) < 4.78 is 1.78. The predicted octanol–water partition coefficient (Wildman–Crippen LogP) is 3.66. The fourth-order valence-electron chi connectivity index (χ4n) is 1.03. The van der Waals surface area contributed by atoms with E-state index in [1.165, 1.54) is 0 Å². The van der Waals surface area contributed by atoms with Crippen LogP contribution in [-0.4, -0.2) is 15.8 Å². The predicted molar refractivity (Wildman–Crippen MR) is 74.2 cm³/mol. The highest BCUT2D eigenvalue weighted by atomic mass is 16.1. The average molecular weight is 234 g/mol. The Morgan fingerprint density at radius 3 is 2.47 bits per heavy atom. The molecule has 0 amide bonds. The molecule has 0 atom stereocenters. The second kappa shape index (κ2) is 12.2. The van der Waals surface area contributed by atoms with Crippen LogP contribution in [0, 0.1) is 0 Å². The minimum Gasteiger partial charge on any atom is -0.324 e. The van der Waals surface area contributed by atoms with Crippen molar-refractivity contribution in [2.45, 2.75) is 27.3 Å².